The highest BCUT2D eigenvalue weighted by Gasteiger charge is 2.13. The fourth-order valence-electron chi connectivity index (χ4n) is 1.80. The van der Waals surface area contributed by atoms with E-state index < -0.39 is 5.97 Å². The molecule has 3 heterocycles. The second-order valence-electron chi connectivity index (χ2n) is 4.30. The zero-order valence-electron chi connectivity index (χ0n) is 11.5. The molecule has 0 atom stereocenters. The van der Waals surface area contributed by atoms with Gasteiger partial charge in [0.25, 0.3) is 5.91 Å². The van der Waals surface area contributed by atoms with Crippen molar-refractivity contribution in [3.8, 4) is 11.3 Å². The van der Waals surface area contributed by atoms with E-state index in [9.17, 15) is 9.59 Å². The molecule has 3 aromatic rings. The Bertz CT molecular complexity index is 805. The molecular formula is C14H11N3O3S2. The van der Waals surface area contributed by atoms with Crippen molar-refractivity contribution in [1.29, 1.82) is 0 Å². The third kappa shape index (κ3) is 2.92. The number of aromatic nitrogens is 2. The molecule has 0 aliphatic rings. The van der Waals surface area contributed by atoms with E-state index in [2.05, 4.69) is 20.0 Å². The number of nitrogens with zero attached hydrogens (tertiary/aromatic N) is 1. The fraction of sp³-hybridized carbons (Fsp3) is 0.0714. The van der Waals surface area contributed by atoms with Crippen molar-refractivity contribution in [3.05, 3.63) is 45.7 Å². The quantitative estimate of drug-likeness (QED) is 0.718. The largest absolute Gasteiger partial charge is 0.464 e. The molecule has 0 spiro atoms. The number of thiophene rings is 1. The Balaban J connectivity index is 1.75. The number of ether oxygens (including phenoxy) is 1. The van der Waals surface area contributed by atoms with Gasteiger partial charge < -0.3 is 9.72 Å². The number of methoxy groups -OCH3 is 1. The van der Waals surface area contributed by atoms with Gasteiger partial charge in [-0.1, -0.05) is 0 Å². The Morgan fingerprint density at radius 2 is 2.23 bits per heavy atom. The van der Waals surface area contributed by atoms with Crippen LogP contribution in [-0.2, 0) is 4.74 Å². The van der Waals surface area contributed by atoms with E-state index in [0.717, 1.165) is 5.56 Å². The van der Waals surface area contributed by atoms with Crippen LogP contribution in [0, 0.1) is 0 Å². The Hall–Kier alpha value is -2.45. The van der Waals surface area contributed by atoms with E-state index >= 15 is 0 Å². The van der Waals surface area contributed by atoms with Crippen LogP contribution in [0.15, 0.2) is 34.5 Å². The Morgan fingerprint density at radius 1 is 1.36 bits per heavy atom. The van der Waals surface area contributed by atoms with Crippen molar-refractivity contribution in [2.24, 2.45) is 0 Å². The number of nitrogens with one attached hydrogen (secondary N) is 2. The highest BCUT2D eigenvalue weighted by Crippen LogP contribution is 2.26. The number of esters is 1. The van der Waals surface area contributed by atoms with Crippen molar-refractivity contribution in [3.63, 3.8) is 0 Å². The number of rotatable bonds is 4. The van der Waals surface area contributed by atoms with Crippen molar-refractivity contribution in [2.75, 3.05) is 12.4 Å². The fourth-order valence-corrected chi connectivity index (χ4v) is 3.15. The highest BCUT2D eigenvalue weighted by atomic mass is 32.1. The normalized spacial score (nSPS) is 10.4. The number of carbonyl (C=O) groups excluding carboxylic acids is 2. The van der Waals surface area contributed by atoms with Gasteiger partial charge in [0.05, 0.1) is 18.4 Å². The third-order valence-electron chi connectivity index (χ3n) is 2.89. The number of hydrogen-bond donors (Lipinski definition) is 2. The molecule has 8 heteroatoms. The zero-order valence-corrected chi connectivity index (χ0v) is 13.1. The SMILES string of the molecule is COC(=O)c1cc(-c2csc(NC(=O)c3ccsc3)n2)c[nH]1. The van der Waals surface area contributed by atoms with E-state index in [1.807, 2.05) is 10.8 Å². The van der Waals surface area contributed by atoms with Crippen LogP contribution in [0.25, 0.3) is 11.3 Å². The monoisotopic (exact) mass is 333 g/mol. The smallest absolute Gasteiger partial charge is 0.354 e. The molecule has 2 N–H and O–H groups in total. The lowest BCUT2D eigenvalue weighted by atomic mass is 10.2. The zero-order chi connectivity index (χ0) is 15.5. The molecule has 6 nitrogen and oxygen atoms in total. The average Bonchev–Trinajstić information content (AvgIpc) is 3.25. The van der Waals surface area contributed by atoms with Crippen LogP contribution < -0.4 is 5.32 Å². The van der Waals surface area contributed by atoms with E-state index in [-0.39, 0.29) is 5.91 Å². The summed E-state index contributed by atoms with van der Waals surface area (Å²) in [7, 11) is 1.32. The van der Waals surface area contributed by atoms with Gasteiger partial charge in [-0.25, -0.2) is 9.78 Å². The van der Waals surface area contributed by atoms with Gasteiger partial charge >= 0.3 is 5.97 Å². The topological polar surface area (TPSA) is 84.1 Å². The lowest BCUT2D eigenvalue weighted by Crippen LogP contribution is -2.10. The maximum absolute atomic E-state index is 11.9. The van der Waals surface area contributed by atoms with Gasteiger partial charge in [0.1, 0.15) is 5.69 Å². The Labute approximate surface area is 133 Å². The molecule has 0 saturated carbocycles. The first kappa shape index (κ1) is 14.5. The van der Waals surface area contributed by atoms with E-state index in [1.54, 1.807) is 23.7 Å². The van der Waals surface area contributed by atoms with Crippen molar-refractivity contribution in [1.82, 2.24) is 9.97 Å². The lowest BCUT2D eigenvalue weighted by molar-refractivity contribution is 0.0594. The summed E-state index contributed by atoms with van der Waals surface area (Å²) in [5, 5.41) is 8.69. The predicted molar refractivity (Wildman–Crippen MR) is 85.5 cm³/mol. The molecule has 0 unspecified atom stereocenters. The molecule has 1 amide bonds. The molecule has 112 valence electrons. The Kier molecular flexibility index (Phi) is 4.03. The molecule has 3 rings (SSSR count). The molecule has 0 saturated heterocycles. The van der Waals surface area contributed by atoms with Crippen LogP contribution >= 0.6 is 22.7 Å². The summed E-state index contributed by atoms with van der Waals surface area (Å²) >= 11 is 2.79. The molecular weight excluding hydrogens is 322 g/mol. The Morgan fingerprint density at radius 3 is 2.95 bits per heavy atom. The first-order chi connectivity index (χ1) is 10.7. The molecule has 0 radical (unpaired) electrons. The number of carbonyl (C=O) groups is 2. The first-order valence-electron chi connectivity index (χ1n) is 6.23. The van der Waals surface area contributed by atoms with Crippen LogP contribution in [0.1, 0.15) is 20.8 Å². The minimum atomic E-state index is -0.438. The molecule has 22 heavy (non-hydrogen) atoms. The van der Waals surface area contributed by atoms with Crippen molar-refractivity contribution < 1.29 is 14.3 Å². The minimum absolute atomic E-state index is 0.188. The number of aromatic amines is 1. The van der Waals surface area contributed by atoms with Crippen LogP contribution in [0.3, 0.4) is 0 Å². The van der Waals surface area contributed by atoms with Gasteiger partial charge in [-0.15, -0.1) is 11.3 Å². The summed E-state index contributed by atoms with van der Waals surface area (Å²) in [6.07, 6.45) is 1.67. The summed E-state index contributed by atoms with van der Waals surface area (Å²) in [6, 6.07) is 3.41. The second kappa shape index (κ2) is 6.12. The van der Waals surface area contributed by atoms with Gasteiger partial charge in [0.15, 0.2) is 5.13 Å². The number of amides is 1. The van der Waals surface area contributed by atoms with Crippen LogP contribution in [0.2, 0.25) is 0 Å². The number of thiazole rings is 1. The molecule has 0 aliphatic heterocycles. The standard InChI is InChI=1S/C14H11N3O3S2/c1-20-13(19)10-4-9(5-15-10)11-7-22-14(16-11)17-12(18)8-2-3-21-6-8/h2-7,15H,1H3,(H,16,17,18). The van der Waals surface area contributed by atoms with Gasteiger partial charge in [0.2, 0.25) is 0 Å². The second-order valence-corrected chi connectivity index (χ2v) is 5.94. The summed E-state index contributed by atoms with van der Waals surface area (Å²) in [5.74, 6) is -0.626. The van der Waals surface area contributed by atoms with Crippen LogP contribution in [-0.4, -0.2) is 29.0 Å². The number of anilines is 1. The van der Waals surface area contributed by atoms with E-state index in [0.29, 0.717) is 22.1 Å². The summed E-state index contributed by atoms with van der Waals surface area (Å²) in [5.41, 5.74) is 2.40. The molecule has 0 bridgehead atoms. The van der Waals surface area contributed by atoms with Gasteiger partial charge in [-0.05, 0) is 17.5 Å². The van der Waals surface area contributed by atoms with E-state index in [4.69, 9.17) is 0 Å². The molecule has 3 aromatic heterocycles. The lowest BCUT2D eigenvalue weighted by Gasteiger charge is -1.97. The highest BCUT2D eigenvalue weighted by molar-refractivity contribution is 7.14. The van der Waals surface area contributed by atoms with Crippen LogP contribution in [0.5, 0.6) is 0 Å². The summed E-state index contributed by atoms with van der Waals surface area (Å²) < 4.78 is 4.64. The third-order valence-corrected chi connectivity index (χ3v) is 4.33. The van der Waals surface area contributed by atoms with Crippen molar-refractivity contribution in [2.45, 2.75) is 0 Å². The maximum Gasteiger partial charge on any atom is 0.354 e. The van der Waals surface area contributed by atoms with Crippen molar-refractivity contribution >= 4 is 39.7 Å². The maximum atomic E-state index is 11.9. The average molecular weight is 333 g/mol. The van der Waals surface area contributed by atoms with Gasteiger partial charge in [-0.2, -0.15) is 11.3 Å². The van der Waals surface area contributed by atoms with Gasteiger partial charge in [0, 0.05) is 22.5 Å². The molecule has 0 aliphatic carbocycles. The number of hydrogen-bond acceptors (Lipinski definition) is 6. The predicted octanol–water partition coefficient (Wildman–Crippen LogP) is 3.24. The van der Waals surface area contributed by atoms with Crippen LogP contribution in [0.4, 0.5) is 5.13 Å². The minimum Gasteiger partial charge on any atom is -0.464 e. The number of H-pyrrole nitrogens is 1. The van der Waals surface area contributed by atoms with Gasteiger partial charge in [-0.3, -0.25) is 10.1 Å². The molecule has 0 fully saturated rings. The first-order valence-corrected chi connectivity index (χ1v) is 8.06. The molecule has 0 aromatic carbocycles. The summed E-state index contributed by atoms with van der Waals surface area (Å²) in [6.45, 7) is 0. The summed E-state index contributed by atoms with van der Waals surface area (Å²) in [4.78, 5) is 30.5. The van der Waals surface area contributed by atoms with E-state index in [1.165, 1.54) is 29.8 Å².